The second-order valence-corrected chi connectivity index (χ2v) is 5.98. The monoisotopic (exact) mass is 306 g/mol. The van der Waals surface area contributed by atoms with E-state index in [4.69, 9.17) is 5.11 Å². The molecule has 2 heterocycles. The van der Waals surface area contributed by atoms with E-state index in [0.717, 1.165) is 17.6 Å². The van der Waals surface area contributed by atoms with Crippen molar-refractivity contribution in [2.45, 2.75) is 4.90 Å². The molecule has 0 aliphatic heterocycles. The maximum atomic E-state index is 12.2. The molecule has 2 aromatic heterocycles. The van der Waals surface area contributed by atoms with Crippen molar-refractivity contribution in [1.29, 1.82) is 0 Å². The van der Waals surface area contributed by atoms with Gasteiger partial charge in [-0.3, -0.25) is 9.82 Å². The van der Waals surface area contributed by atoms with Crippen molar-refractivity contribution in [3.63, 3.8) is 0 Å². The minimum absolute atomic E-state index is 0.156. The maximum absolute atomic E-state index is 12.2. The van der Waals surface area contributed by atoms with E-state index in [1.165, 1.54) is 0 Å². The zero-order valence-corrected chi connectivity index (χ0v) is 11.3. The molecule has 1 aromatic carbocycles. The van der Waals surface area contributed by atoms with E-state index < -0.39 is 16.0 Å². The summed E-state index contributed by atoms with van der Waals surface area (Å²) in [7, 11) is -3.89. The van der Waals surface area contributed by atoms with E-state index in [2.05, 4.69) is 19.9 Å². The van der Waals surface area contributed by atoms with Crippen molar-refractivity contribution < 1.29 is 18.3 Å². The smallest absolute Gasteiger partial charge is 0.352 e. The number of aromatic amines is 2. The molecule has 0 spiro atoms. The summed E-state index contributed by atoms with van der Waals surface area (Å²) < 4.78 is 26.9. The Labute approximate surface area is 118 Å². The number of hydrogen-bond donors (Lipinski definition) is 4. The highest BCUT2D eigenvalue weighted by Gasteiger charge is 2.19. The van der Waals surface area contributed by atoms with Crippen LogP contribution in [-0.2, 0) is 10.0 Å². The Kier molecular flexibility index (Phi) is 2.91. The number of rotatable bonds is 4. The van der Waals surface area contributed by atoms with E-state index in [0.29, 0.717) is 11.2 Å². The number of fused-ring (bicyclic) bond motifs is 1. The van der Waals surface area contributed by atoms with Crippen molar-refractivity contribution in [2.75, 3.05) is 4.72 Å². The molecule has 0 aliphatic rings. The number of para-hydroxylation sites is 1. The summed E-state index contributed by atoms with van der Waals surface area (Å²) in [6.07, 6.45) is 2.70. The highest BCUT2D eigenvalue weighted by molar-refractivity contribution is 7.92. The van der Waals surface area contributed by atoms with Gasteiger partial charge in [0.15, 0.2) is 0 Å². The molecule has 3 aromatic rings. The summed E-state index contributed by atoms with van der Waals surface area (Å²) in [4.78, 5) is 13.0. The van der Waals surface area contributed by atoms with Crippen LogP contribution in [0.1, 0.15) is 10.5 Å². The van der Waals surface area contributed by atoms with Gasteiger partial charge in [-0.1, -0.05) is 12.1 Å². The van der Waals surface area contributed by atoms with Crippen molar-refractivity contribution >= 4 is 32.6 Å². The van der Waals surface area contributed by atoms with Gasteiger partial charge in [0.1, 0.15) is 10.6 Å². The summed E-state index contributed by atoms with van der Waals surface area (Å²) in [5.41, 5.74) is 0.688. The fourth-order valence-corrected chi connectivity index (χ4v) is 2.98. The topological polar surface area (TPSA) is 128 Å². The number of carbonyl (C=O) groups is 1. The normalized spacial score (nSPS) is 11.6. The van der Waals surface area contributed by atoms with Crippen LogP contribution in [0.2, 0.25) is 0 Å². The first kappa shape index (κ1) is 13.2. The number of carboxylic acids is 1. The molecule has 0 amide bonds. The SMILES string of the molecule is O=C(O)c1cc(S(=O)(=O)Nc2cccc3cn[nH]c23)c[nH]1. The second kappa shape index (κ2) is 4.63. The number of hydrogen-bond acceptors (Lipinski definition) is 4. The lowest BCUT2D eigenvalue weighted by atomic mass is 10.2. The van der Waals surface area contributed by atoms with Gasteiger partial charge in [-0.25, -0.2) is 13.2 Å². The molecule has 0 fully saturated rings. The Morgan fingerprint density at radius 3 is 2.86 bits per heavy atom. The van der Waals surface area contributed by atoms with Crippen molar-refractivity contribution in [2.24, 2.45) is 0 Å². The van der Waals surface area contributed by atoms with Crippen molar-refractivity contribution in [3.8, 4) is 0 Å². The van der Waals surface area contributed by atoms with E-state index in [1.807, 2.05) is 0 Å². The average molecular weight is 306 g/mol. The standard InChI is InChI=1S/C12H10N4O4S/c17-12(18)10-4-8(6-13-10)21(19,20)16-9-3-1-2-7-5-14-15-11(7)9/h1-6,13,16H,(H,14,15)(H,17,18). The summed E-state index contributed by atoms with van der Waals surface area (Å²) >= 11 is 0. The number of anilines is 1. The predicted octanol–water partition coefficient (Wildman–Crippen LogP) is 1.39. The van der Waals surface area contributed by atoms with E-state index in [1.54, 1.807) is 24.4 Å². The number of nitrogens with zero attached hydrogens (tertiary/aromatic N) is 1. The lowest BCUT2D eigenvalue weighted by Gasteiger charge is -2.07. The van der Waals surface area contributed by atoms with Crippen LogP contribution in [0.4, 0.5) is 5.69 Å². The van der Waals surface area contributed by atoms with Gasteiger partial charge in [-0.2, -0.15) is 5.10 Å². The Morgan fingerprint density at radius 1 is 1.33 bits per heavy atom. The molecular weight excluding hydrogens is 296 g/mol. The minimum atomic E-state index is -3.89. The lowest BCUT2D eigenvalue weighted by Crippen LogP contribution is -2.12. The highest BCUT2D eigenvalue weighted by Crippen LogP contribution is 2.23. The van der Waals surface area contributed by atoms with Gasteiger partial charge in [0.05, 0.1) is 17.4 Å². The Bertz CT molecular complexity index is 926. The zero-order valence-electron chi connectivity index (χ0n) is 10.5. The summed E-state index contributed by atoms with van der Waals surface area (Å²) in [6, 6.07) is 6.12. The highest BCUT2D eigenvalue weighted by atomic mass is 32.2. The van der Waals surface area contributed by atoms with Crippen LogP contribution in [0.25, 0.3) is 10.9 Å². The zero-order chi connectivity index (χ0) is 15.0. The molecule has 0 atom stereocenters. The molecule has 21 heavy (non-hydrogen) atoms. The summed E-state index contributed by atoms with van der Waals surface area (Å²) in [5, 5.41) is 16.1. The molecule has 8 nitrogen and oxygen atoms in total. The first-order valence-corrected chi connectivity index (χ1v) is 7.32. The molecular formula is C12H10N4O4S. The molecule has 108 valence electrons. The second-order valence-electron chi connectivity index (χ2n) is 4.30. The molecule has 0 bridgehead atoms. The van der Waals surface area contributed by atoms with Crippen LogP contribution in [0.3, 0.4) is 0 Å². The molecule has 9 heteroatoms. The predicted molar refractivity (Wildman–Crippen MR) is 74.7 cm³/mol. The third-order valence-electron chi connectivity index (χ3n) is 2.92. The number of nitrogens with one attached hydrogen (secondary N) is 3. The Balaban J connectivity index is 1.99. The van der Waals surface area contributed by atoms with Gasteiger partial charge in [0.2, 0.25) is 0 Å². The quantitative estimate of drug-likeness (QED) is 0.579. The molecule has 3 rings (SSSR count). The Morgan fingerprint density at radius 2 is 2.14 bits per heavy atom. The third-order valence-corrected chi connectivity index (χ3v) is 4.26. The number of aromatic carboxylic acids is 1. The molecule has 0 aliphatic carbocycles. The number of sulfonamides is 1. The van der Waals surface area contributed by atoms with Gasteiger partial charge in [-0.15, -0.1) is 0 Å². The first-order chi connectivity index (χ1) is 9.97. The molecule has 0 radical (unpaired) electrons. The number of aromatic nitrogens is 3. The van der Waals surface area contributed by atoms with Crippen molar-refractivity contribution in [1.82, 2.24) is 15.2 Å². The van der Waals surface area contributed by atoms with Crippen LogP contribution in [0.15, 0.2) is 41.6 Å². The van der Waals surface area contributed by atoms with Gasteiger partial charge in [0.25, 0.3) is 10.0 Å². The number of carboxylic acid groups (broad SMARTS) is 1. The molecule has 0 saturated heterocycles. The number of H-pyrrole nitrogens is 2. The third kappa shape index (κ3) is 2.34. The van der Waals surface area contributed by atoms with Crippen LogP contribution >= 0.6 is 0 Å². The molecule has 4 N–H and O–H groups in total. The lowest BCUT2D eigenvalue weighted by molar-refractivity contribution is 0.0691. The van der Waals surface area contributed by atoms with Gasteiger partial charge in [0, 0.05) is 11.6 Å². The summed E-state index contributed by atoms with van der Waals surface area (Å²) in [5.74, 6) is -1.23. The average Bonchev–Trinajstić information content (AvgIpc) is 3.08. The van der Waals surface area contributed by atoms with Gasteiger partial charge < -0.3 is 10.1 Å². The fraction of sp³-hybridized carbons (Fsp3) is 0. The van der Waals surface area contributed by atoms with Gasteiger partial charge in [-0.05, 0) is 12.1 Å². The molecule has 0 saturated carbocycles. The van der Waals surface area contributed by atoms with Crippen LogP contribution < -0.4 is 4.72 Å². The Hall–Kier alpha value is -2.81. The van der Waals surface area contributed by atoms with Crippen LogP contribution in [0.5, 0.6) is 0 Å². The fourth-order valence-electron chi connectivity index (χ4n) is 1.91. The van der Waals surface area contributed by atoms with Crippen LogP contribution in [0, 0.1) is 0 Å². The van der Waals surface area contributed by atoms with Crippen LogP contribution in [-0.4, -0.2) is 34.7 Å². The van der Waals surface area contributed by atoms with Gasteiger partial charge >= 0.3 is 5.97 Å². The molecule has 0 unspecified atom stereocenters. The first-order valence-electron chi connectivity index (χ1n) is 5.84. The summed E-state index contributed by atoms with van der Waals surface area (Å²) in [6.45, 7) is 0. The maximum Gasteiger partial charge on any atom is 0.352 e. The van der Waals surface area contributed by atoms with E-state index in [9.17, 15) is 13.2 Å². The van der Waals surface area contributed by atoms with E-state index >= 15 is 0 Å². The van der Waals surface area contributed by atoms with Crippen molar-refractivity contribution in [3.05, 3.63) is 42.4 Å². The minimum Gasteiger partial charge on any atom is -0.477 e. The largest absolute Gasteiger partial charge is 0.477 e. The van der Waals surface area contributed by atoms with E-state index in [-0.39, 0.29) is 10.6 Å². The number of benzene rings is 1.